The number of halogens is 2. The first-order chi connectivity index (χ1) is 57.0. The summed E-state index contributed by atoms with van der Waals surface area (Å²) >= 11 is 0. The van der Waals surface area contributed by atoms with Gasteiger partial charge in [-0.3, -0.25) is 19.2 Å². The molecule has 4 heterocycles. The Kier molecular flexibility index (Phi) is 47.7. The molecule has 2 aromatic rings. The Bertz CT molecular complexity index is 3740. The molecule has 0 bridgehead atoms. The summed E-state index contributed by atoms with van der Waals surface area (Å²) in [5, 5.41) is 9.69. The van der Waals surface area contributed by atoms with Crippen molar-refractivity contribution in [1.82, 2.24) is 24.9 Å². The summed E-state index contributed by atoms with van der Waals surface area (Å²) in [5.74, 6) is -9.50. The van der Waals surface area contributed by atoms with E-state index in [0.29, 0.717) is 45.3 Å². The predicted molar refractivity (Wildman–Crippen MR) is 465 cm³/mol. The van der Waals surface area contributed by atoms with E-state index in [9.17, 15) is 51.9 Å². The number of carbonyl (C=O) groups excluding carboxylic acids is 9. The maximum atomic E-state index is 14.6. The van der Waals surface area contributed by atoms with Gasteiger partial charge in [-0.2, -0.15) is 0 Å². The first kappa shape index (κ1) is 116. The second-order valence-electron chi connectivity index (χ2n) is 37.4. The number of primary amides is 2. The van der Waals surface area contributed by atoms with Crippen LogP contribution in [0.1, 0.15) is 216 Å². The fourth-order valence-corrected chi connectivity index (χ4v) is 17.5. The number of nitrogens with zero attached hydrogens (tertiary/aromatic N) is 5. The number of benzene rings is 2. The number of esters is 2. The molecule has 703 valence electrons. The monoisotopic (exact) mass is 1780 g/mol. The van der Waals surface area contributed by atoms with E-state index in [1.54, 1.807) is 131 Å². The maximum Gasteiger partial charge on any atom is 1.00 e. The average molecular weight is 1780 g/mol. The topological polar surface area (TPSA) is 391 Å². The Morgan fingerprint density at radius 1 is 0.592 bits per heavy atom. The van der Waals surface area contributed by atoms with Crippen LogP contribution in [-0.4, -0.2) is 251 Å². The molecular weight excluding hydrogens is 1630 g/mol. The van der Waals surface area contributed by atoms with Crippen molar-refractivity contribution in [2.75, 3.05) is 62.0 Å². The van der Waals surface area contributed by atoms with E-state index < -0.39 is 172 Å². The zero-order valence-electron chi connectivity index (χ0n) is 80.6. The number of methoxy groups -OCH3 is 2. The molecule has 4 aliphatic heterocycles. The van der Waals surface area contributed by atoms with Gasteiger partial charge in [-0.05, 0) is 211 Å². The van der Waals surface area contributed by atoms with Crippen LogP contribution < -0.4 is 52.1 Å². The summed E-state index contributed by atoms with van der Waals surface area (Å²) in [5.41, 5.74) is 11.4. The van der Waals surface area contributed by atoms with Gasteiger partial charge in [0.1, 0.15) is 59.3 Å². The minimum atomic E-state index is -1.51. The smallest absolute Gasteiger partial charge is 0.512 e. The number of nitrogens with two attached hydrogens (primary N) is 3. The SMILES string of the molecule is CC[C@H]1OC(=O)C(C)C(=O)[C@H](C)[C@@H](O[C@@H]2OC(C=O)CC(N(C)C)C2C)[C@](C)(OC)C[C@@H](C)CN(C(=O)OC(C)(C)C)[C@H](C)[C@@H](C)[C@]1(C)OC(N)=O.CC[C@H]1OC(=O)C(C)C(=O)[C@H](C)[C@@H](O[C@@H]2OC(CNCc3ccc(F)cc3)CC(N(C)C)C2C)[C@](C)(OC)C[C@@H](C)CN(C(=O)OC(C)(C)C)[C@H](C)[C@@H](C)[C@]1(C)OC(N)=O.NCc1ccc(F)cc1.[B].[C-]#N.[Na+]. The predicted octanol–water partition coefficient (Wildman–Crippen LogP) is 9.68. The summed E-state index contributed by atoms with van der Waals surface area (Å²) in [6.45, 7) is 49.4. The Balaban J connectivity index is 0.00000110. The molecule has 0 saturated carbocycles. The van der Waals surface area contributed by atoms with Gasteiger partial charge in [0.2, 0.25) is 0 Å². The molecule has 0 spiro atoms. The number of amides is 4. The first-order valence-electron chi connectivity index (χ1n) is 43.0. The van der Waals surface area contributed by atoms with Crippen molar-refractivity contribution in [3.63, 3.8) is 0 Å². The number of carbonyl (C=O) groups is 9. The van der Waals surface area contributed by atoms with E-state index in [2.05, 4.69) is 17.1 Å². The molecule has 4 aliphatic rings. The van der Waals surface area contributed by atoms with Crippen molar-refractivity contribution in [2.45, 2.75) is 325 Å². The summed E-state index contributed by atoms with van der Waals surface area (Å²) in [6, 6.07) is 11.2. The molecule has 4 fully saturated rings. The van der Waals surface area contributed by atoms with E-state index in [0.717, 1.165) is 17.4 Å². The van der Waals surface area contributed by atoms with Crippen molar-refractivity contribution in [3.05, 3.63) is 77.9 Å². The summed E-state index contributed by atoms with van der Waals surface area (Å²) in [7, 11) is 11.0. The van der Waals surface area contributed by atoms with Crippen LogP contribution in [0.25, 0.3) is 0 Å². The molecule has 4 amide bonds. The zero-order chi connectivity index (χ0) is 94.3. The van der Waals surface area contributed by atoms with E-state index >= 15 is 0 Å². The summed E-state index contributed by atoms with van der Waals surface area (Å²) in [6.07, 6.45) is -6.97. The van der Waals surface area contributed by atoms with E-state index in [1.165, 1.54) is 45.2 Å². The molecule has 2 aromatic carbocycles. The molecule has 26 atom stereocenters. The van der Waals surface area contributed by atoms with Gasteiger partial charge in [-0.25, -0.2) is 28.0 Å². The van der Waals surface area contributed by atoms with Crippen molar-refractivity contribution in [1.29, 1.82) is 5.26 Å². The normalized spacial score (nSPS) is 33.8. The van der Waals surface area contributed by atoms with E-state index in [-0.39, 0.29) is 117 Å². The number of nitrogens with one attached hydrogen (secondary N) is 1. The third kappa shape index (κ3) is 32.5. The number of ether oxygens (including phenoxy) is 12. The van der Waals surface area contributed by atoms with Crippen LogP contribution in [0.5, 0.6) is 0 Å². The first-order valence-corrected chi connectivity index (χ1v) is 43.0. The van der Waals surface area contributed by atoms with Crippen LogP contribution in [-0.2, 0) is 93.9 Å². The van der Waals surface area contributed by atoms with Crippen LogP contribution in [0.2, 0.25) is 0 Å². The van der Waals surface area contributed by atoms with Gasteiger partial charge in [0, 0.05) is 115 Å². The van der Waals surface area contributed by atoms with Crippen molar-refractivity contribution >= 4 is 62.6 Å². The Hall–Kier alpha value is -6.52. The van der Waals surface area contributed by atoms with Crippen molar-refractivity contribution in [2.24, 2.45) is 76.4 Å². The third-order valence-electron chi connectivity index (χ3n) is 25.2. The molecule has 30 nitrogen and oxygen atoms in total. The second-order valence-corrected chi connectivity index (χ2v) is 37.4. The fraction of sp³-hybridized carbons (Fsp3) is 0.758. The maximum absolute atomic E-state index is 14.6. The number of Topliss-reactive ketones (excluding diaryl/α,β-unsaturated/α-hetero) is 2. The van der Waals surface area contributed by atoms with Crippen LogP contribution in [0.4, 0.5) is 28.0 Å². The van der Waals surface area contributed by atoms with E-state index in [4.69, 9.17) is 85.9 Å². The summed E-state index contributed by atoms with van der Waals surface area (Å²) < 4.78 is 101. The molecule has 8 unspecified atom stereocenters. The van der Waals surface area contributed by atoms with Crippen LogP contribution >= 0.6 is 0 Å². The number of rotatable bonds is 18. The second kappa shape index (κ2) is 51.2. The minimum Gasteiger partial charge on any atom is -0.512 e. The van der Waals surface area contributed by atoms with E-state index in [1.807, 2.05) is 88.5 Å². The molecule has 6 rings (SSSR count). The number of ketones is 2. The minimum absolute atomic E-state index is 0. The molecule has 3 radical (unpaired) electrons. The Morgan fingerprint density at radius 2 is 0.936 bits per heavy atom. The van der Waals surface area contributed by atoms with Gasteiger partial charge in [0.25, 0.3) is 0 Å². The molecular formula is C91H150BF2N9NaO21. The quantitative estimate of drug-likeness (QED) is 0.0269. The van der Waals surface area contributed by atoms with Crippen LogP contribution in [0.15, 0.2) is 48.5 Å². The van der Waals surface area contributed by atoms with Crippen molar-refractivity contribution < 1.29 is 138 Å². The largest absolute Gasteiger partial charge is 1.00 e. The molecule has 4 saturated heterocycles. The third-order valence-corrected chi connectivity index (χ3v) is 25.2. The van der Waals surface area contributed by atoms with Gasteiger partial charge < -0.3 is 116 Å². The van der Waals surface area contributed by atoms with Gasteiger partial charge in [0.05, 0.1) is 29.5 Å². The number of aldehydes is 1. The number of hydrogen-bond acceptors (Lipinski definition) is 26. The molecule has 0 aliphatic carbocycles. The van der Waals surface area contributed by atoms with Crippen LogP contribution in [0.3, 0.4) is 0 Å². The summed E-state index contributed by atoms with van der Waals surface area (Å²) in [4.78, 5) is 129. The van der Waals surface area contributed by atoms with Gasteiger partial charge in [-0.1, -0.05) is 93.5 Å². The van der Waals surface area contributed by atoms with Crippen molar-refractivity contribution in [3.8, 4) is 0 Å². The van der Waals surface area contributed by atoms with Gasteiger partial charge in [0.15, 0.2) is 35.3 Å². The molecule has 125 heavy (non-hydrogen) atoms. The average Bonchev–Trinajstić information content (AvgIpc) is 1.66. The van der Waals surface area contributed by atoms with Gasteiger partial charge >= 0.3 is 65.9 Å². The van der Waals surface area contributed by atoms with Crippen LogP contribution in [0, 0.1) is 82.6 Å². The molecule has 0 aromatic heterocycles. The van der Waals surface area contributed by atoms with Gasteiger partial charge in [-0.15, -0.1) is 0 Å². The number of cyclic esters (lactones) is 2. The number of hydrogen-bond donors (Lipinski definition) is 4. The fourth-order valence-electron chi connectivity index (χ4n) is 17.5. The molecule has 7 N–H and O–H groups in total. The Labute approximate surface area is 767 Å². The Morgan fingerprint density at radius 3 is 1.25 bits per heavy atom. The standard InChI is InChI=1S/C45H75FN4O10.C38H67N3O11.C7H8FN.CN.B.Na/c1-16-36-45(12,59-41(47)53)30(6)31(7)50(42(54)60-43(8,9)10)25-26(2)22-44(11,55-15)38(28(4)37(51)29(5)39(52)57-36)58-40-27(3)35(49(13)14)21-34(56-40)24-48-23-32-17-19-33(46)20-18-32;1-16-29-38(12,51-34(39)45)25(6)26(7)41(35(46)52-36(8,9)10)19-21(2)18-37(11,47-15)31(23(4)30(43)24(5)32(44)49-29)50-33-22(3)28(40(13)14)17-27(20-42)48-33;8-7-3-1-6(5-9)2-4-7;1-2;;/h17-20,26-31,34-36,38,40,48H,16,21-25H2,1-15H3,(H2,47,53);20-29,31,33H,16-19H2,1-15H3,(H2,39,45);1-4H,5,9H2;;;/q;;;-1;;+1/t26-,27?,28+,29?,30-,31-,34?,35?,36-,38-,40+,44-,45+;21-,22?,23+,24?,25-,26-,27?,28?,29-,31-,33+,37-,38+;;;;/m11..../s1. The zero-order valence-corrected chi connectivity index (χ0v) is 82.6. The molecule has 34 heteroatoms.